The first-order valence-corrected chi connectivity index (χ1v) is 11.5. The van der Waals surface area contributed by atoms with E-state index >= 15 is 0 Å². The molecule has 1 fully saturated rings. The van der Waals surface area contributed by atoms with E-state index in [1.54, 1.807) is 50.7 Å². The summed E-state index contributed by atoms with van der Waals surface area (Å²) in [5, 5.41) is 5.47. The summed E-state index contributed by atoms with van der Waals surface area (Å²) in [4.78, 5) is 43.1. The average Bonchev–Trinajstić information content (AvgIpc) is 3.11. The van der Waals surface area contributed by atoms with Crippen LogP contribution in [0.15, 0.2) is 67.0 Å². The zero-order chi connectivity index (χ0) is 25.7. The van der Waals surface area contributed by atoms with Gasteiger partial charge in [-0.25, -0.2) is 4.79 Å². The van der Waals surface area contributed by atoms with Gasteiger partial charge in [0, 0.05) is 18.9 Å². The Labute approximate surface area is 209 Å². The minimum Gasteiger partial charge on any atom is -0.493 e. The first-order valence-electron chi connectivity index (χ1n) is 11.5. The second-order valence-corrected chi connectivity index (χ2v) is 8.72. The number of nitrogens with zero attached hydrogens (tertiary/aromatic N) is 2. The second kappa shape index (κ2) is 10.5. The van der Waals surface area contributed by atoms with Crippen LogP contribution in [0.3, 0.4) is 0 Å². The zero-order valence-corrected chi connectivity index (χ0v) is 20.4. The topological polar surface area (TPSA) is 110 Å². The molecular weight excluding hydrogens is 460 g/mol. The fourth-order valence-electron chi connectivity index (χ4n) is 3.90. The lowest BCUT2D eigenvalue weighted by Crippen LogP contribution is -2.43. The second-order valence-electron chi connectivity index (χ2n) is 8.72. The largest absolute Gasteiger partial charge is 0.493 e. The SMILES string of the molecule is COc1cc(CNC(=O)CN2C(=O)NC(C)(c3ccc(C)cc3)C2=O)ccc1OCc1ccncc1. The number of aromatic nitrogens is 1. The highest BCUT2D eigenvalue weighted by Gasteiger charge is 2.49. The van der Waals surface area contributed by atoms with Gasteiger partial charge in [0.1, 0.15) is 18.7 Å². The molecule has 186 valence electrons. The highest BCUT2D eigenvalue weighted by Crippen LogP contribution is 2.30. The van der Waals surface area contributed by atoms with Gasteiger partial charge in [0.2, 0.25) is 5.91 Å². The van der Waals surface area contributed by atoms with E-state index in [4.69, 9.17) is 9.47 Å². The fraction of sp³-hybridized carbons (Fsp3) is 0.259. The number of benzene rings is 2. The van der Waals surface area contributed by atoms with E-state index in [9.17, 15) is 14.4 Å². The van der Waals surface area contributed by atoms with Gasteiger partial charge in [0.15, 0.2) is 11.5 Å². The van der Waals surface area contributed by atoms with Gasteiger partial charge in [-0.15, -0.1) is 0 Å². The van der Waals surface area contributed by atoms with Crippen LogP contribution in [0.5, 0.6) is 11.5 Å². The molecule has 1 saturated heterocycles. The Morgan fingerprint density at radius 3 is 2.44 bits per heavy atom. The third-order valence-corrected chi connectivity index (χ3v) is 6.07. The standard InChI is InChI=1S/C27H28N4O5/c1-18-4-7-21(8-5-18)27(2)25(33)31(26(34)30-27)16-24(32)29-15-20-6-9-22(23(14-20)35-3)36-17-19-10-12-28-13-11-19/h4-14H,15-17H2,1-3H3,(H,29,32)(H,30,34). The maximum atomic E-state index is 13.0. The predicted molar refractivity (Wildman–Crippen MR) is 132 cm³/mol. The first kappa shape index (κ1) is 24.7. The van der Waals surface area contributed by atoms with Crippen LogP contribution >= 0.6 is 0 Å². The molecule has 0 saturated carbocycles. The van der Waals surface area contributed by atoms with Crippen molar-refractivity contribution in [2.45, 2.75) is 32.5 Å². The summed E-state index contributed by atoms with van der Waals surface area (Å²) in [5.41, 5.74) is 2.23. The van der Waals surface area contributed by atoms with Crippen molar-refractivity contribution in [1.82, 2.24) is 20.5 Å². The number of ether oxygens (including phenoxy) is 2. The molecule has 9 heteroatoms. The van der Waals surface area contributed by atoms with Crippen LogP contribution in [0.4, 0.5) is 4.79 Å². The maximum Gasteiger partial charge on any atom is 0.325 e. The van der Waals surface area contributed by atoms with Crippen LogP contribution in [-0.4, -0.2) is 41.4 Å². The Hall–Kier alpha value is -4.40. The number of imide groups is 1. The van der Waals surface area contributed by atoms with Crippen LogP contribution in [0, 0.1) is 6.92 Å². The van der Waals surface area contributed by atoms with Crippen molar-refractivity contribution in [2.24, 2.45) is 0 Å². The van der Waals surface area contributed by atoms with E-state index in [-0.39, 0.29) is 13.1 Å². The smallest absolute Gasteiger partial charge is 0.325 e. The number of urea groups is 1. The molecule has 2 heterocycles. The number of rotatable bonds is 9. The molecule has 4 rings (SSSR count). The Balaban J connectivity index is 1.35. The van der Waals surface area contributed by atoms with Crippen molar-refractivity contribution in [2.75, 3.05) is 13.7 Å². The molecule has 1 aromatic heterocycles. The van der Waals surface area contributed by atoms with Gasteiger partial charge in [-0.05, 0) is 54.8 Å². The van der Waals surface area contributed by atoms with Crippen molar-refractivity contribution < 1.29 is 23.9 Å². The van der Waals surface area contributed by atoms with Crippen LogP contribution in [0.25, 0.3) is 0 Å². The van der Waals surface area contributed by atoms with Gasteiger partial charge in [-0.1, -0.05) is 35.9 Å². The van der Waals surface area contributed by atoms with Crippen molar-refractivity contribution in [3.63, 3.8) is 0 Å². The lowest BCUT2D eigenvalue weighted by molar-refractivity contribution is -0.134. The van der Waals surface area contributed by atoms with Crippen LogP contribution in [0.2, 0.25) is 0 Å². The molecule has 2 N–H and O–H groups in total. The van der Waals surface area contributed by atoms with Crippen LogP contribution < -0.4 is 20.1 Å². The van der Waals surface area contributed by atoms with Gasteiger partial charge in [0.05, 0.1) is 7.11 Å². The molecule has 0 spiro atoms. The quantitative estimate of drug-likeness (QED) is 0.448. The van der Waals surface area contributed by atoms with E-state index in [2.05, 4.69) is 15.6 Å². The molecule has 1 aliphatic rings. The lowest BCUT2D eigenvalue weighted by atomic mass is 9.91. The Morgan fingerprint density at radius 2 is 1.75 bits per heavy atom. The molecule has 0 bridgehead atoms. The molecule has 1 atom stereocenters. The number of carbonyl (C=O) groups is 3. The molecule has 1 unspecified atom stereocenters. The Morgan fingerprint density at radius 1 is 1.03 bits per heavy atom. The number of hydrogen-bond donors (Lipinski definition) is 2. The third kappa shape index (κ3) is 5.30. The van der Waals surface area contributed by atoms with E-state index in [1.165, 1.54) is 0 Å². The number of pyridine rings is 1. The minimum absolute atomic E-state index is 0.193. The monoisotopic (exact) mass is 488 g/mol. The fourth-order valence-corrected chi connectivity index (χ4v) is 3.90. The van der Waals surface area contributed by atoms with Gasteiger partial charge in [0.25, 0.3) is 5.91 Å². The summed E-state index contributed by atoms with van der Waals surface area (Å²) < 4.78 is 11.3. The molecular formula is C27H28N4O5. The number of amides is 4. The Kier molecular flexibility index (Phi) is 7.19. The van der Waals surface area contributed by atoms with Crippen LogP contribution in [0.1, 0.15) is 29.2 Å². The maximum absolute atomic E-state index is 13.0. The number of hydrogen-bond acceptors (Lipinski definition) is 6. The minimum atomic E-state index is -1.22. The highest BCUT2D eigenvalue weighted by atomic mass is 16.5. The van der Waals surface area contributed by atoms with Crippen LogP contribution in [-0.2, 0) is 28.3 Å². The summed E-state index contributed by atoms with van der Waals surface area (Å²) in [5.74, 6) is 0.172. The Bertz CT molecular complexity index is 1260. The van der Waals surface area contributed by atoms with E-state index in [0.717, 1.165) is 21.6 Å². The molecule has 1 aliphatic heterocycles. The van der Waals surface area contributed by atoms with Gasteiger partial charge < -0.3 is 20.1 Å². The van der Waals surface area contributed by atoms with Gasteiger partial charge >= 0.3 is 6.03 Å². The van der Waals surface area contributed by atoms with Crippen molar-refractivity contribution >= 4 is 17.8 Å². The van der Waals surface area contributed by atoms with Gasteiger partial charge in [-0.3, -0.25) is 19.5 Å². The summed E-state index contributed by atoms with van der Waals surface area (Å²) in [7, 11) is 1.54. The summed E-state index contributed by atoms with van der Waals surface area (Å²) in [6.07, 6.45) is 3.40. The van der Waals surface area contributed by atoms with E-state index in [0.29, 0.717) is 23.7 Å². The molecule has 4 amide bonds. The molecule has 0 radical (unpaired) electrons. The average molecular weight is 489 g/mol. The molecule has 3 aromatic rings. The lowest BCUT2D eigenvalue weighted by Gasteiger charge is -2.22. The molecule has 36 heavy (non-hydrogen) atoms. The normalized spacial score (nSPS) is 17.0. The summed E-state index contributed by atoms with van der Waals surface area (Å²) in [6, 6.07) is 15.8. The molecule has 9 nitrogen and oxygen atoms in total. The summed E-state index contributed by atoms with van der Waals surface area (Å²) >= 11 is 0. The third-order valence-electron chi connectivity index (χ3n) is 6.07. The van der Waals surface area contributed by atoms with Crippen molar-refractivity contribution in [3.05, 3.63) is 89.2 Å². The zero-order valence-electron chi connectivity index (χ0n) is 20.4. The number of carbonyl (C=O) groups excluding carboxylic acids is 3. The molecule has 2 aromatic carbocycles. The van der Waals surface area contributed by atoms with E-state index in [1.807, 2.05) is 37.3 Å². The molecule has 0 aliphatic carbocycles. The summed E-state index contributed by atoms with van der Waals surface area (Å²) in [6.45, 7) is 3.76. The van der Waals surface area contributed by atoms with Gasteiger partial charge in [-0.2, -0.15) is 0 Å². The number of nitrogens with one attached hydrogen (secondary N) is 2. The van der Waals surface area contributed by atoms with Crippen molar-refractivity contribution in [3.8, 4) is 11.5 Å². The number of aryl methyl sites for hydroxylation is 1. The number of methoxy groups -OCH3 is 1. The van der Waals surface area contributed by atoms with E-state index < -0.39 is 23.4 Å². The predicted octanol–water partition coefficient (Wildman–Crippen LogP) is 3.06. The first-order chi connectivity index (χ1) is 17.3. The highest BCUT2D eigenvalue weighted by molar-refractivity contribution is 6.09. The van der Waals surface area contributed by atoms with Crippen molar-refractivity contribution in [1.29, 1.82) is 0 Å².